The van der Waals surface area contributed by atoms with E-state index in [4.69, 9.17) is 15.0 Å². The molecule has 0 unspecified atom stereocenters. The number of amides is 1. The van der Waals surface area contributed by atoms with Crippen molar-refractivity contribution in [1.82, 2.24) is 24.5 Å². The molecule has 5 rings (SSSR count). The molecular weight excluding hydrogens is 487 g/mol. The Hall–Kier alpha value is -4.93. The SMILES string of the molecule is O=C(NCc1ccncc1)c1cc(-c2ccn(-c3ccccc3)n2)n2ccccc12.O=C(O)C(F)(F)F. The Balaban J connectivity index is 0.000000405. The number of rotatable bonds is 5. The van der Waals surface area contributed by atoms with Gasteiger partial charge >= 0.3 is 12.1 Å². The molecule has 1 aromatic carbocycles. The number of aliphatic carboxylic acids is 1. The molecule has 0 spiro atoms. The normalized spacial score (nSPS) is 11.0. The number of pyridine rings is 2. The predicted molar refractivity (Wildman–Crippen MR) is 129 cm³/mol. The summed E-state index contributed by atoms with van der Waals surface area (Å²) in [6.45, 7) is 0.448. The monoisotopic (exact) mass is 507 g/mol. The number of carboxylic acid groups (broad SMARTS) is 1. The number of carbonyl (C=O) groups excluding carboxylic acids is 1. The highest BCUT2D eigenvalue weighted by molar-refractivity contribution is 6.02. The second-order valence-electron chi connectivity index (χ2n) is 7.72. The molecule has 0 fully saturated rings. The van der Waals surface area contributed by atoms with E-state index in [2.05, 4.69) is 10.3 Å². The minimum atomic E-state index is -5.08. The molecule has 0 aliphatic heterocycles. The van der Waals surface area contributed by atoms with E-state index in [0.29, 0.717) is 12.1 Å². The van der Waals surface area contributed by atoms with Crippen molar-refractivity contribution < 1.29 is 27.9 Å². The van der Waals surface area contributed by atoms with Gasteiger partial charge in [-0.1, -0.05) is 24.3 Å². The fraction of sp³-hybridized carbons (Fsp3) is 0.0769. The van der Waals surface area contributed by atoms with E-state index in [1.165, 1.54) is 0 Å². The quantitative estimate of drug-likeness (QED) is 0.358. The predicted octanol–water partition coefficient (Wildman–Crippen LogP) is 4.75. The summed E-state index contributed by atoms with van der Waals surface area (Å²) in [5, 5.41) is 14.8. The number of carbonyl (C=O) groups is 2. The van der Waals surface area contributed by atoms with Gasteiger partial charge in [-0.2, -0.15) is 18.3 Å². The first-order valence-corrected chi connectivity index (χ1v) is 10.9. The molecule has 4 heterocycles. The Morgan fingerprint density at radius 2 is 1.59 bits per heavy atom. The molecule has 4 aromatic heterocycles. The number of carboxylic acids is 1. The summed E-state index contributed by atoms with van der Waals surface area (Å²) >= 11 is 0. The average molecular weight is 507 g/mol. The van der Waals surface area contributed by atoms with Crippen LogP contribution in [0.4, 0.5) is 13.2 Å². The van der Waals surface area contributed by atoms with Gasteiger partial charge in [0, 0.05) is 31.3 Å². The van der Waals surface area contributed by atoms with E-state index < -0.39 is 12.1 Å². The van der Waals surface area contributed by atoms with Gasteiger partial charge in [0.15, 0.2) is 0 Å². The molecule has 0 aliphatic carbocycles. The Labute approximate surface area is 208 Å². The topological polar surface area (TPSA) is 102 Å². The van der Waals surface area contributed by atoms with Gasteiger partial charge in [-0.05, 0) is 54.1 Å². The number of para-hydroxylation sites is 1. The van der Waals surface area contributed by atoms with Crippen LogP contribution < -0.4 is 5.32 Å². The van der Waals surface area contributed by atoms with Crippen LogP contribution in [0.5, 0.6) is 0 Å². The molecule has 11 heteroatoms. The molecule has 0 saturated carbocycles. The zero-order valence-electron chi connectivity index (χ0n) is 19.1. The number of hydrogen-bond donors (Lipinski definition) is 2. The van der Waals surface area contributed by atoms with E-state index in [1.807, 2.05) is 94.3 Å². The molecule has 0 bridgehead atoms. The summed E-state index contributed by atoms with van der Waals surface area (Å²) in [5.74, 6) is -2.88. The third-order valence-electron chi connectivity index (χ3n) is 5.24. The van der Waals surface area contributed by atoms with Crippen molar-refractivity contribution in [2.24, 2.45) is 0 Å². The van der Waals surface area contributed by atoms with E-state index >= 15 is 0 Å². The summed E-state index contributed by atoms with van der Waals surface area (Å²) in [6.07, 6.45) is 2.23. The minimum absolute atomic E-state index is 0.121. The second kappa shape index (κ2) is 10.8. The second-order valence-corrected chi connectivity index (χ2v) is 7.72. The molecule has 1 amide bonds. The molecule has 5 aromatic rings. The lowest BCUT2D eigenvalue weighted by Crippen LogP contribution is -2.22. The Kier molecular flexibility index (Phi) is 7.33. The van der Waals surface area contributed by atoms with E-state index in [9.17, 15) is 18.0 Å². The molecule has 0 saturated heterocycles. The highest BCUT2D eigenvalue weighted by Gasteiger charge is 2.38. The van der Waals surface area contributed by atoms with Crippen LogP contribution in [-0.4, -0.2) is 42.3 Å². The summed E-state index contributed by atoms with van der Waals surface area (Å²) < 4.78 is 35.6. The van der Waals surface area contributed by atoms with Gasteiger partial charge in [-0.3, -0.25) is 9.78 Å². The summed E-state index contributed by atoms with van der Waals surface area (Å²) in [6, 6.07) is 23.4. The largest absolute Gasteiger partial charge is 0.490 e. The van der Waals surface area contributed by atoms with Gasteiger partial charge in [0.25, 0.3) is 5.91 Å². The molecule has 0 atom stereocenters. The number of alkyl halides is 3. The first kappa shape index (κ1) is 25.2. The minimum Gasteiger partial charge on any atom is -0.475 e. The molecule has 0 aliphatic rings. The third kappa shape index (κ3) is 6.01. The lowest BCUT2D eigenvalue weighted by Gasteiger charge is -2.04. The number of halogens is 3. The molecule has 37 heavy (non-hydrogen) atoms. The number of nitrogens with zero attached hydrogens (tertiary/aromatic N) is 4. The van der Waals surface area contributed by atoms with E-state index in [-0.39, 0.29) is 5.91 Å². The van der Waals surface area contributed by atoms with Crippen molar-refractivity contribution in [2.75, 3.05) is 0 Å². The molecule has 188 valence electrons. The van der Waals surface area contributed by atoms with Gasteiger partial charge in [0.05, 0.1) is 22.5 Å². The summed E-state index contributed by atoms with van der Waals surface area (Å²) in [4.78, 5) is 25.8. The maximum Gasteiger partial charge on any atom is 0.490 e. The summed E-state index contributed by atoms with van der Waals surface area (Å²) in [7, 11) is 0. The van der Waals surface area contributed by atoms with Crippen LogP contribution in [0.25, 0.3) is 22.6 Å². The zero-order chi connectivity index (χ0) is 26.4. The molecule has 2 N–H and O–H groups in total. The lowest BCUT2D eigenvalue weighted by molar-refractivity contribution is -0.192. The maximum atomic E-state index is 12.9. The Morgan fingerprint density at radius 1 is 0.919 bits per heavy atom. The Morgan fingerprint density at radius 3 is 2.27 bits per heavy atom. The fourth-order valence-electron chi connectivity index (χ4n) is 3.50. The molecule has 8 nitrogen and oxygen atoms in total. The number of nitrogens with one attached hydrogen (secondary N) is 1. The number of hydrogen-bond acceptors (Lipinski definition) is 4. The molecular formula is C26H20F3N5O3. The van der Waals surface area contributed by atoms with Crippen LogP contribution in [0.1, 0.15) is 15.9 Å². The van der Waals surface area contributed by atoms with E-state index in [1.54, 1.807) is 12.4 Å². The molecule has 0 radical (unpaired) electrons. The maximum absolute atomic E-state index is 12.9. The first-order valence-electron chi connectivity index (χ1n) is 10.9. The van der Waals surface area contributed by atoms with Crippen LogP contribution in [0.3, 0.4) is 0 Å². The van der Waals surface area contributed by atoms with Gasteiger partial charge < -0.3 is 14.8 Å². The third-order valence-corrected chi connectivity index (χ3v) is 5.24. The van der Waals surface area contributed by atoms with Crippen molar-refractivity contribution in [3.05, 3.63) is 109 Å². The van der Waals surface area contributed by atoms with Crippen LogP contribution in [0, 0.1) is 0 Å². The van der Waals surface area contributed by atoms with E-state index in [0.717, 1.165) is 28.2 Å². The smallest absolute Gasteiger partial charge is 0.475 e. The van der Waals surface area contributed by atoms with Gasteiger partial charge in [0.1, 0.15) is 5.69 Å². The van der Waals surface area contributed by atoms with Crippen LogP contribution >= 0.6 is 0 Å². The highest BCUT2D eigenvalue weighted by Crippen LogP contribution is 2.26. The summed E-state index contributed by atoms with van der Waals surface area (Å²) in [5.41, 5.74) is 5.12. The zero-order valence-corrected chi connectivity index (χ0v) is 19.1. The van der Waals surface area contributed by atoms with Gasteiger partial charge in [0.2, 0.25) is 0 Å². The number of aromatic nitrogens is 4. The number of fused-ring (bicyclic) bond motifs is 1. The van der Waals surface area contributed by atoms with Crippen LogP contribution in [0.15, 0.2) is 97.6 Å². The van der Waals surface area contributed by atoms with Crippen LogP contribution in [-0.2, 0) is 11.3 Å². The lowest BCUT2D eigenvalue weighted by atomic mass is 10.2. The Bertz CT molecular complexity index is 1510. The van der Waals surface area contributed by atoms with Crippen molar-refractivity contribution in [3.8, 4) is 17.1 Å². The van der Waals surface area contributed by atoms with Crippen molar-refractivity contribution in [1.29, 1.82) is 0 Å². The van der Waals surface area contributed by atoms with Crippen molar-refractivity contribution in [3.63, 3.8) is 0 Å². The first-order chi connectivity index (χ1) is 17.7. The van der Waals surface area contributed by atoms with Crippen LogP contribution in [0.2, 0.25) is 0 Å². The average Bonchev–Trinajstić information content (AvgIpc) is 3.54. The van der Waals surface area contributed by atoms with Gasteiger partial charge in [-0.15, -0.1) is 0 Å². The van der Waals surface area contributed by atoms with Crippen molar-refractivity contribution in [2.45, 2.75) is 12.7 Å². The fourth-order valence-corrected chi connectivity index (χ4v) is 3.50. The standard InChI is InChI=1S/C24H19N5O.C2HF3O2/c30-24(26-17-18-9-12-25-13-10-18)20-16-23(28-14-5-4-8-22(20)28)21-11-15-29(27-21)19-6-2-1-3-7-19;3-2(4,5)1(6)7/h1-16H,17H2,(H,26,30);(H,6,7). The van der Waals surface area contributed by atoms with Gasteiger partial charge in [-0.25, -0.2) is 9.48 Å². The van der Waals surface area contributed by atoms with Crippen molar-refractivity contribution >= 4 is 17.4 Å². The number of benzene rings is 1. The highest BCUT2D eigenvalue weighted by atomic mass is 19.4.